The largest absolute Gasteiger partial charge is 0.493 e. The molecule has 7 nitrogen and oxygen atoms in total. The quantitative estimate of drug-likeness (QED) is 0.286. The van der Waals surface area contributed by atoms with Gasteiger partial charge in [0, 0.05) is 23.3 Å². The number of pyridine rings is 1. The number of thioether (sulfide) groups is 1. The first-order valence-corrected chi connectivity index (χ1v) is 12.4. The fraction of sp³-hybridized carbons (Fsp3) is 0.250. The zero-order valence-electron chi connectivity index (χ0n) is 20.6. The van der Waals surface area contributed by atoms with E-state index in [0.29, 0.717) is 39.8 Å². The van der Waals surface area contributed by atoms with Crippen molar-refractivity contribution in [2.24, 2.45) is 0 Å². The first-order chi connectivity index (χ1) is 17.5. The maximum atomic E-state index is 14.1. The molecule has 8 heteroatoms. The minimum atomic E-state index is -0.551. The van der Waals surface area contributed by atoms with E-state index in [0.717, 1.165) is 15.8 Å². The zero-order chi connectivity index (χ0) is 25.2. The Morgan fingerprint density at radius 2 is 1.72 bits per heavy atom. The molecule has 186 valence electrons. The summed E-state index contributed by atoms with van der Waals surface area (Å²) in [6.07, 6.45) is -0.551. The topological polar surface area (TPSA) is 68.2 Å². The molecule has 0 N–H and O–H groups in total. The van der Waals surface area contributed by atoms with Crippen molar-refractivity contribution in [1.82, 2.24) is 4.57 Å². The van der Waals surface area contributed by atoms with Crippen LogP contribution < -0.4 is 24.5 Å². The first-order valence-electron chi connectivity index (χ1n) is 11.5. The second kappa shape index (κ2) is 10.2. The Bertz CT molecular complexity index is 1460. The highest BCUT2D eigenvalue weighted by molar-refractivity contribution is 7.99. The van der Waals surface area contributed by atoms with Crippen molar-refractivity contribution in [2.75, 3.05) is 33.9 Å². The Morgan fingerprint density at radius 1 is 0.944 bits per heavy atom. The van der Waals surface area contributed by atoms with Crippen LogP contribution in [0.15, 0.2) is 70.4 Å². The standard InChI is InChI=1S/C28H27NO6S/c1-17-5-9-20(10-6-17)36-15-25(32-3)29-21(18-7-11-22-24(14-18)35-16-34-22)13-19-8-12-23(31-2)27(33-4)26(19)28(29)30/h5-14,25H,15-16H2,1-4H3. The average Bonchev–Trinajstić information content (AvgIpc) is 3.38. The Morgan fingerprint density at radius 3 is 2.44 bits per heavy atom. The van der Waals surface area contributed by atoms with Gasteiger partial charge in [-0.3, -0.25) is 9.36 Å². The van der Waals surface area contributed by atoms with Crippen LogP contribution in [0.1, 0.15) is 11.8 Å². The van der Waals surface area contributed by atoms with Gasteiger partial charge in [0.05, 0.1) is 25.3 Å². The minimum Gasteiger partial charge on any atom is -0.493 e. The van der Waals surface area contributed by atoms with Crippen LogP contribution in [0.4, 0.5) is 0 Å². The minimum absolute atomic E-state index is 0.175. The fourth-order valence-electron chi connectivity index (χ4n) is 4.34. The number of rotatable bonds is 8. The maximum absolute atomic E-state index is 14.1. The van der Waals surface area contributed by atoms with E-state index < -0.39 is 6.23 Å². The molecule has 3 aromatic carbocycles. The maximum Gasteiger partial charge on any atom is 0.264 e. The summed E-state index contributed by atoms with van der Waals surface area (Å²) in [7, 11) is 4.70. The molecule has 0 fully saturated rings. The predicted octanol–water partition coefficient (Wildman–Crippen LogP) is 5.66. The third kappa shape index (κ3) is 4.38. The molecule has 1 aliphatic rings. The number of ether oxygens (including phenoxy) is 5. The van der Waals surface area contributed by atoms with Crippen LogP contribution >= 0.6 is 11.8 Å². The monoisotopic (exact) mass is 505 g/mol. The average molecular weight is 506 g/mol. The fourth-order valence-corrected chi connectivity index (χ4v) is 5.29. The van der Waals surface area contributed by atoms with Crippen LogP contribution in [-0.2, 0) is 4.74 Å². The van der Waals surface area contributed by atoms with E-state index in [-0.39, 0.29) is 12.4 Å². The number of aryl methyl sites for hydroxylation is 1. The molecule has 0 aliphatic carbocycles. The lowest BCUT2D eigenvalue weighted by molar-refractivity contribution is 0.0634. The lowest BCUT2D eigenvalue weighted by Gasteiger charge is -2.24. The van der Waals surface area contributed by atoms with Crippen LogP contribution in [-0.4, -0.2) is 38.4 Å². The molecular weight excluding hydrogens is 478 g/mol. The Hall–Kier alpha value is -3.62. The van der Waals surface area contributed by atoms with Gasteiger partial charge in [0.15, 0.2) is 23.0 Å². The molecule has 2 heterocycles. The summed E-state index contributed by atoms with van der Waals surface area (Å²) >= 11 is 1.63. The molecule has 4 aromatic rings. The number of hydrogen-bond acceptors (Lipinski definition) is 7. The molecule has 0 bridgehead atoms. The van der Waals surface area contributed by atoms with Crippen LogP contribution in [0.25, 0.3) is 22.0 Å². The molecule has 0 amide bonds. The number of hydrogen-bond donors (Lipinski definition) is 0. The van der Waals surface area contributed by atoms with Gasteiger partial charge in [0.1, 0.15) is 6.23 Å². The number of fused-ring (bicyclic) bond motifs is 2. The van der Waals surface area contributed by atoms with Gasteiger partial charge in [-0.1, -0.05) is 23.8 Å². The van der Waals surface area contributed by atoms with Crippen LogP contribution in [0.2, 0.25) is 0 Å². The molecule has 0 spiro atoms. The lowest BCUT2D eigenvalue weighted by Crippen LogP contribution is -2.29. The SMILES string of the molecule is COc1ccc2cc(-c3ccc4c(c3)OCO4)n(C(CSc3ccc(C)cc3)OC)c(=O)c2c1OC. The highest BCUT2D eigenvalue weighted by Gasteiger charge is 2.24. The number of methoxy groups -OCH3 is 3. The van der Waals surface area contributed by atoms with Gasteiger partial charge in [0.25, 0.3) is 5.56 Å². The molecule has 0 radical (unpaired) electrons. The Balaban J connectivity index is 1.69. The van der Waals surface area contributed by atoms with Crippen molar-refractivity contribution in [3.8, 4) is 34.3 Å². The normalized spacial score (nSPS) is 13.1. The van der Waals surface area contributed by atoms with Crippen molar-refractivity contribution < 1.29 is 23.7 Å². The summed E-state index contributed by atoms with van der Waals surface area (Å²) in [4.78, 5) is 15.2. The molecule has 1 atom stereocenters. The van der Waals surface area contributed by atoms with E-state index >= 15 is 0 Å². The van der Waals surface area contributed by atoms with E-state index in [1.54, 1.807) is 36.6 Å². The second-order valence-electron chi connectivity index (χ2n) is 8.35. The molecule has 0 saturated heterocycles. The van der Waals surface area contributed by atoms with Crippen molar-refractivity contribution in [3.05, 3.63) is 76.6 Å². The summed E-state index contributed by atoms with van der Waals surface area (Å²) in [6.45, 7) is 2.23. The summed E-state index contributed by atoms with van der Waals surface area (Å²) in [5.74, 6) is 2.73. The highest BCUT2D eigenvalue weighted by atomic mass is 32.2. The molecule has 5 rings (SSSR count). The van der Waals surface area contributed by atoms with Crippen LogP contribution in [0, 0.1) is 6.92 Å². The molecule has 1 aliphatic heterocycles. The number of aromatic nitrogens is 1. The van der Waals surface area contributed by atoms with Crippen molar-refractivity contribution in [3.63, 3.8) is 0 Å². The van der Waals surface area contributed by atoms with E-state index in [2.05, 4.69) is 31.2 Å². The van der Waals surface area contributed by atoms with Gasteiger partial charge in [-0.25, -0.2) is 0 Å². The van der Waals surface area contributed by atoms with Gasteiger partial charge in [-0.2, -0.15) is 0 Å². The van der Waals surface area contributed by atoms with Gasteiger partial charge in [0.2, 0.25) is 6.79 Å². The van der Waals surface area contributed by atoms with E-state index in [9.17, 15) is 4.79 Å². The molecule has 1 unspecified atom stereocenters. The highest BCUT2D eigenvalue weighted by Crippen LogP contribution is 2.39. The van der Waals surface area contributed by atoms with E-state index in [1.165, 1.54) is 12.7 Å². The lowest BCUT2D eigenvalue weighted by atomic mass is 10.0. The van der Waals surface area contributed by atoms with Crippen LogP contribution in [0.5, 0.6) is 23.0 Å². The first kappa shape index (κ1) is 24.1. The summed E-state index contributed by atoms with van der Waals surface area (Å²) in [5.41, 5.74) is 2.48. The smallest absolute Gasteiger partial charge is 0.264 e. The number of nitrogens with zero attached hydrogens (tertiary/aromatic N) is 1. The van der Waals surface area contributed by atoms with E-state index in [1.807, 2.05) is 30.3 Å². The molecule has 1 aromatic heterocycles. The number of benzene rings is 3. The Labute approximate surface area is 213 Å². The second-order valence-corrected chi connectivity index (χ2v) is 9.45. The summed E-state index contributed by atoms with van der Waals surface area (Å²) < 4.78 is 29.8. The van der Waals surface area contributed by atoms with Crippen LogP contribution in [0.3, 0.4) is 0 Å². The molecular formula is C28H27NO6S. The van der Waals surface area contributed by atoms with Crippen molar-refractivity contribution >= 4 is 22.5 Å². The molecule has 0 saturated carbocycles. The summed E-state index contributed by atoms with van der Waals surface area (Å²) in [6, 6.07) is 19.6. The van der Waals surface area contributed by atoms with Gasteiger partial charge < -0.3 is 23.7 Å². The third-order valence-corrected chi connectivity index (χ3v) is 7.26. The predicted molar refractivity (Wildman–Crippen MR) is 141 cm³/mol. The van der Waals surface area contributed by atoms with Crippen molar-refractivity contribution in [2.45, 2.75) is 18.0 Å². The summed E-state index contributed by atoms with van der Waals surface area (Å²) in [5, 5.41) is 1.17. The third-order valence-electron chi connectivity index (χ3n) is 6.20. The van der Waals surface area contributed by atoms with E-state index in [4.69, 9.17) is 23.7 Å². The van der Waals surface area contributed by atoms with Gasteiger partial charge in [-0.05, 0) is 54.8 Å². The van der Waals surface area contributed by atoms with Gasteiger partial charge in [-0.15, -0.1) is 11.8 Å². The molecule has 36 heavy (non-hydrogen) atoms. The van der Waals surface area contributed by atoms with Crippen molar-refractivity contribution in [1.29, 1.82) is 0 Å². The zero-order valence-corrected chi connectivity index (χ0v) is 21.4. The van der Waals surface area contributed by atoms with Gasteiger partial charge >= 0.3 is 0 Å². The Kier molecular flexibility index (Phi) is 6.80.